The van der Waals surface area contributed by atoms with Crippen molar-refractivity contribution >= 4 is 45.9 Å². The molecule has 4 heterocycles. The summed E-state index contributed by atoms with van der Waals surface area (Å²) in [4.78, 5) is 34.8. The van der Waals surface area contributed by atoms with E-state index in [-0.39, 0.29) is 11.1 Å². The molecule has 2 aromatic carbocycles. The Kier molecular flexibility index (Phi) is 6.94. The van der Waals surface area contributed by atoms with E-state index < -0.39 is 0 Å². The van der Waals surface area contributed by atoms with Crippen LogP contribution in [0.3, 0.4) is 0 Å². The molecule has 0 aliphatic carbocycles. The Morgan fingerprint density at radius 3 is 2.76 bits per heavy atom. The molecule has 8 nitrogen and oxygen atoms in total. The molecule has 6 rings (SSSR count). The molecular formula is C29H27N5O3S. The second-order valence-electron chi connectivity index (χ2n) is 9.54. The van der Waals surface area contributed by atoms with Gasteiger partial charge in [0.2, 0.25) is 5.95 Å². The van der Waals surface area contributed by atoms with Crippen LogP contribution in [0.4, 0.5) is 10.7 Å². The number of para-hydroxylation sites is 1. The van der Waals surface area contributed by atoms with Crippen molar-refractivity contribution in [1.29, 1.82) is 0 Å². The monoisotopic (exact) mass is 525 g/mol. The summed E-state index contributed by atoms with van der Waals surface area (Å²) in [5.41, 5.74) is 3.85. The van der Waals surface area contributed by atoms with E-state index in [1.807, 2.05) is 18.2 Å². The number of nitrogens with zero attached hydrogens (tertiary/aromatic N) is 3. The number of imide groups is 1. The van der Waals surface area contributed by atoms with Crippen molar-refractivity contribution in [2.24, 2.45) is 5.92 Å². The predicted octanol–water partition coefficient (Wildman–Crippen LogP) is 5.22. The molecule has 0 spiro atoms. The Morgan fingerprint density at radius 2 is 1.95 bits per heavy atom. The van der Waals surface area contributed by atoms with Gasteiger partial charge in [-0.15, -0.1) is 0 Å². The normalized spacial score (nSPS) is 17.5. The van der Waals surface area contributed by atoms with E-state index in [4.69, 9.17) is 4.42 Å². The van der Waals surface area contributed by atoms with Crippen molar-refractivity contribution in [3.8, 4) is 11.3 Å². The number of thioether (sulfide) groups is 1. The van der Waals surface area contributed by atoms with Gasteiger partial charge in [0, 0.05) is 36.8 Å². The quantitative estimate of drug-likeness (QED) is 0.317. The van der Waals surface area contributed by atoms with Gasteiger partial charge in [0.25, 0.3) is 11.1 Å². The minimum Gasteiger partial charge on any atom is -0.456 e. The number of anilines is 1. The lowest BCUT2D eigenvalue weighted by atomic mass is 9.97. The van der Waals surface area contributed by atoms with Crippen molar-refractivity contribution in [2.75, 3.05) is 24.5 Å². The number of carbonyl (C=O) groups excluding carboxylic acids is 2. The number of nitrogens with one attached hydrogen (secondary N) is 2. The number of hydrogen-bond donors (Lipinski definition) is 2. The van der Waals surface area contributed by atoms with E-state index >= 15 is 0 Å². The average molecular weight is 526 g/mol. The lowest BCUT2D eigenvalue weighted by molar-refractivity contribution is -0.115. The zero-order valence-electron chi connectivity index (χ0n) is 20.7. The van der Waals surface area contributed by atoms with Crippen LogP contribution in [0.5, 0.6) is 0 Å². The van der Waals surface area contributed by atoms with Crippen LogP contribution in [0.15, 0.2) is 76.2 Å². The summed E-state index contributed by atoms with van der Waals surface area (Å²) in [6.45, 7) is 3.52. The molecule has 2 fully saturated rings. The molecule has 2 amide bonds. The summed E-state index contributed by atoms with van der Waals surface area (Å²) in [6, 6.07) is 20.4. The number of piperidine rings is 1. The number of amides is 2. The molecule has 2 aliphatic rings. The number of hydrogen-bond acceptors (Lipinski definition) is 8. The summed E-state index contributed by atoms with van der Waals surface area (Å²) >= 11 is 0.892. The molecule has 0 radical (unpaired) electrons. The topological polar surface area (TPSA) is 100 Å². The average Bonchev–Trinajstić information content (AvgIpc) is 3.51. The number of rotatable bonds is 7. The molecule has 0 unspecified atom stereocenters. The van der Waals surface area contributed by atoms with Crippen molar-refractivity contribution in [3.63, 3.8) is 0 Å². The fraction of sp³-hybridized carbons (Fsp3) is 0.241. The van der Waals surface area contributed by atoms with Gasteiger partial charge in [-0.3, -0.25) is 14.9 Å². The minimum atomic E-state index is -0.380. The van der Waals surface area contributed by atoms with E-state index in [0.717, 1.165) is 73.1 Å². The van der Waals surface area contributed by atoms with Gasteiger partial charge < -0.3 is 14.6 Å². The third-order valence-electron chi connectivity index (χ3n) is 6.88. The number of carbonyl (C=O) groups is 2. The highest BCUT2D eigenvalue weighted by atomic mass is 32.2. The summed E-state index contributed by atoms with van der Waals surface area (Å²) in [5, 5.41) is 6.66. The van der Waals surface area contributed by atoms with Crippen molar-refractivity contribution in [1.82, 2.24) is 20.6 Å². The zero-order valence-corrected chi connectivity index (χ0v) is 21.5. The first-order chi connectivity index (χ1) is 18.6. The van der Waals surface area contributed by atoms with Crippen LogP contribution in [0.1, 0.15) is 24.1 Å². The predicted molar refractivity (Wildman–Crippen MR) is 149 cm³/mol. The van der Waals surface area contributed by atoms with Gasteiger partial charge in [0.05, 0.1) is 10.6 Å². The molecule has 2 saturated heterocycles. The Bertz CT molecular complexity index is 1490. The van der Waals surface area contributed by atoms with Crippen LogP contribution < -0.4 is 15.5 Å². The van der Waals surface area contributed by atoms with Crippen LogP contribution in [0, 0.1) is 5.92 Å². The molecule has 4 aromatic rings. The van der Waals surface area contributed by atoms with E-state index in [1.165, 1.54) is 5.56 Å². The maximum atomic E-state index is 11.8. The summed E-state index contributed by atoms with van der Waals surface area (Å²) < 4.78 is 6.03. The standard InChI is InChI=1S/C29H27N5O3S/c35-27-26(38-29(36)33-27)16-23-8-11-31-28(32-23)34-12-9-19(10-13-34)17-30-18-20-4-3-6-21(14-20)25-15-22-5-1-2-7-24(22)37-25/h1-8,11,14-16,19,30H,9-10,12-13,17-18H2,(H,33,35,36)/b26-16-. The number of benzene rings is 2. The van der Waals surface area contributed by atoms with Gasteiger partial charge in [-0.05, 0) is 73.0 Å². The smallest absolute Gasteiger partial charge is 0.290 e. The van der Waals surface area contributed by atoms with Gasteiger partial charge in [0.15, 0.2) is 0 Å². The molecule has 192 valence electrons. The Hall–Kier alpha value is -3.95. The fourth-order valence-corrected chi connectivity index (χ4v) is 5.53. The molecule has 2 aliphatic heterocycles. The third-order valence-corrected chi connectivity index (χ3v) is 7.69. The zero-order chi connectivity index (χ0) is 25.9. The summed E-state index contributed by atoms with van der Waals surface area (Å²) in [7, 11) is 0. The van der Waals surface area contributed by atoms with Crippen molar-refractivity contribution in [2.45, 2.75) is 19.4 Å². The first-order valence-corrected chi connectivity index (χ1v) is 13.5. The number of aromatic nitrogens is 2. The van der Waals surface area contributed by atoms with Crippen molar-refractivity contribution < 1.29 is 14.0 Å². The third kappa shape index (κ3) is 5.49. The highest BCUT2D eigenvalue weighted by Crippen LogP contribution is 2.29. The van der Waals surface area contributed by atoms with E-state index in [1.54, 1.807) is 18.3 Å². The molecule has 38 heavy (non-hydrogen) atoms. The molecule has 0 atom stereocenters. The largest absolute Gasteiger partial charge is 0.456 e. The maximum absolute atomic E-state index is 11.8. The van der Waals surface area contributed by atoms with Crippen LogP contribution in [0.2, 0.25) is 0 Å². The fourth-order valence-electron chi connectivity index (χ4n) is 4.87. The van der Waals surface area contributed by atoms with Crippen molar-refractivity contribution in [3.05, 3.63) is 83.0 Å². The Labute approximate surface area is 224 Å². The maximum Gasteiger partial charge on any atom is 0.290 e. The second kappa shape index (κ2) is 10.8. The van der Waals surface area contributed by atoms with Gasteiger partial charge >= 0.3 is 0 Å². The molecule has 0 bridgehead atoms. The van der Waals surface area contributed by atoms with E-state index in [9.17, 15) is 9.59 Å². The number of fused-ring (bicyclic) bond motifs is 1. The van der Waals surface area contributed by atoms with Crippen LogP contribution in [-0.4, -0.2) is 40.7 Å². The van der Waals surface area contributed by atoms with Crippen LogP contribution in [0.25, 0.3) is 28.4 Å². The molecular weight excluding hydrogens is 498 g/mol. The van der Waals surface area contributed by atoms with Crippen LogP contribution >= 0.6 is 11.8 Å². The first-order valence-electron chi connectivity index (χ1n) is 12.7. The van der Waals surface area contributed by atoms with E-state index in [0.29, 0.717) is 22.5 Å². The van der Waals surface area contributed by atoms with Gasteiger partial charge in [0.1, 0.15) is 11.3 Å². The second-order valence-corrected chi connectivity index (χ2v) is 10.6. The number of furan rings is 1. The van der Waals surface area contributed by atoms with E-state index in [2.05, 4.69) is 61.9 Å². The summed E-state index contributed by atoms with van der Waals surface area (Å²) in [5.74, 6) is 1.75. The lowest BCUT2D eigenvalue weighted by Crippen LogP contribution is -2.38. The summed E-state index contributed by atoms with van der Waals surface area (Å²) in [6.07, 6.45) is 5.43. The van der Waals surface area contributed by atoms with Gasteiger partial charge in [-0.1, -0.05) is 36.4 Å². The highest BCUT2D eigenvalue weighted by molar-refractivity contribution is 8.18. The SMILES string of the molecule is O=C1NC(=O)/C(=C/c2ccnc(N3CCC(CNCc4cccc(-c5cc6ccccc6o5)c4)CC3)n2)S1. The Morgan fingerprint density at radius 1 is 1.08 bits per heavy atom. The molecule has 2 aromatic heterocycles. The molecule has 0 saturated carbocycles. The van der Waals surface area contributed by atoms with Crippen LogP contribution in [-0.2, 0) is 11.3 Å². The molecule has 2 N–H and O–H groups in total. The molecule has 9 heteroatoms. The minimum absolute atomic E-state index is 0.354. The van der Waals surface area contributed by atoms with Gasteiger partial charge in [-0.25, -0.2) is 9.97 Å². The Balaban J connectivity index is 1.01. The van der Waals surface area contributed by atoms with Gasteiger partial charge in [-0.2, -0.15) is 0 Å². The lowest BCUT2D eigenvalue weighted by Gasteiger charge is -2.32. The highest BCUT2D eigenvalue weighted by Gasteiger charge is 2.25. The first kappa shape index (κ1) is 24.4.